The summed E-state index contributed by atoms with van der Waals surface area (Å²) in [5.41, 5.74) is 2.00. The van der Waals surface area contributed by atoms with Crippen molar-refractivity contribution in [2.24, 2.45) is 0 Å². The van der Waals surface area contributed by atoms with Gasteiger partial charge in [0.2, 0.25) is 0 Å². The number of carboxylic acids is 2. The van der Waals surface area contributed by atoms with Crippen LogP contribution in [0.15, 0.2) is 53.7 Å². The molecule has 154 valence electrons. The normalized spacial score (nSPS) is 13.9. The first-order valence-corrected chi connectivity index (χ1v) is 10.1. The van der Waals surface area contributed by atoms with Gasteiger partial charge in [0.25, 0.3) is 5.91 Å². The van der Waals surface area contributed by atoms with Crippen LogP contribution in [0, 0.1) is 0 Å². The highest BCUT2D eigenvalue weighted by molar-refractivity contribution is 7.98. The fourth-order valence-electron chi connectivity index (χ4n) is 2.77. The molecule has 1 fully saturated rings. The Hall–Kier alpha value is -2.91. The zero-order valence-electron chi connectivity index (χ0n) is 16.0. The maximum atomic E-state index is 12.4. The molecule has 0 atom stereocenters. The van der Waals surface area contributed by atoms with Crippen molar-refractivity contribution in [3.8, 4) is 0 Å². The van der Waals surface area contributed by atoms with E-state index < -0.39 is 11.9 Å². The molecule has 0 spiro atoms. The van der Waals surface area contributed by atoms with Crippen molar-refractivity contribution in [1.29, 1.82) is 0 Å². The third kappa shape index (κ3) is 7.20. The summed E-state index contributed by atoms with van der Waals surface area (Å²) in [4.78, 5) is 40.2. The van der Waals surface area contributed by atoms with E-state index in [1.165, 1.54) is 10.5 Å². The molecule has 0 radical (unpaired) electrons. The largest absolute Gasteiger partial charge is 0.473 e. The molecule has 2 heterocycles. The van der Waals surface area contributed by atoms with Crippen LogP contribution in [0.5, 0.6) is 0 Å². The van der Waals surface area contributed by atoms with Crippen molar-refractivity contribution in [1.82, 2.24) is 14.8 Å². The van der Waals surface area contributed by atoms with Gasteiger partial charge in [0, 0.05) is 50.0 Å². The Labute approximate surface area is 173 Å². The van der Waals surface area contributed by atoms with Crippen LogP contribution >= 0.6 is 11.8 Å². The summed E-state index contributed by atoms with van der Waals surface area (Å²) in [6, 6.07) is 12.4. The van der Waals surface area contributed by atoms with E-state index in [1.54, 1.807) is 24.2 Å². The Balaban J connectivity index is 0.000000438. The van der Waals surface area contributed by atoms with Gasteiger partial charge in [-0.15, -0.1) is 11.8 Å². The molecule has 1 saturated heterocycles. The number of carbonyl (C=O) groups excluding carboxylic acids is 1. The topological polar surface area (TPSA) is 111 Å². The Morgan fingerprint density at radius 3 is 2.10 bits per heavy atom. The maximum Gasteiger partial charge on any atom is 0.414 e. The van der Waals surface area contributed by atoms with Crippen LogP contribution in [0.1, 0.15) is 15.9 Å². The number of hydrogen-bond donors (Lipinski definition) is 2. The van der Waals surface area contributed by atoms with E-state index in [2.05, 4.69) is 40.4 Å². The smallest absolute Gasteiger partial charge is 0.414 e. The molecule has 0 unspecified atom stereocenters. The summed E-state index contributed by atoms with van der Waals surface area (Å²) in [7, 11) is 0. The fourth-order valence-corrected chi connectivity index (χ4v) is 3.18. The van der Waals surface area contributed by atoms with E-state index in [-0.39, 0.29) is 5.91 Å². The van der Waals surface area contributed by atoms with Crippen molar-refractivity contribution in [2.75, 3.05) is 32.4 Å². The van der Waals surface area contributed by atoms with Crippen LogP contribution < -0.4 is 0 Å². The Kier molecular flexibility index (Phi) is 8.63. The standard InChI is InChI=1S/C18H21N3OS.C2H2O4/c1-23-17-6-4-15(5-7-17)14-20-9-11-21(12-10-20)18(22)16-3-2-8-19-13-16;3-1(4)2(5)6/h2-8,13H,9-12,14H2,1H3;(H,3,4)(H,5,6). The lowest BCUT2D eigenvalue weighted by Gasteiger charge is -2.34. The highest BCUT2D eigenvalue weighted by Gasteiger charge is 2.22. The number of nitrogens with zero attached hydrogens (tertiary/aromatic N) is 3. The van der Waals surface area contributed by atoms with Gasteiger partial charge in [-0.25, -0.2) is 9.59 Å². The second-order valence-corrected chi connectivity index (χ2v) is 7.15. The molecule has 29 heavy (non-hydrogen) atoms. The molecule has 9 heteroatoms. The van der Waals surface area contributed by atoms with Gasteiger partial charge in [-0.3, -0.25) is 14.7 Å². The molecule has 2 aromatic rings. The first kappa shape index (κ1) is 22.4. The van der Waals surface area contributed by atoms with E-state index in [0.717, 1.165) is 32.7 Å². The number of carbonyl (C=O) groups is 3. The minimum atomic E-state index is -1.82. The molecule has 1 aromatic heterocycles. The lowest BCUT2D eigenvalue weighted by molar-refractivity contribution is -0.159. The Bertz CT molecular complexity index is 810. The summed E-state index contributed by atoms with van der Waals surface area (Å²) in [5.74, 6) is -3.56. The molecular weight excluding hydrogens is 394 g/mol. The number of aliphatic carboxylic acids is 2. The minimum Gasteiger partial charge on any atom is -0.473 e. The van der Waals surface area contributed by atoms with Gasteiger partial charge < -0.3 is 15.1 Å². The SMILES string of the molecule is CSc1ccc(CN2CCN(C(=O)c3cccnc3)CC2)cc1.O=C(O)C(=O)O. The van der Waals surface area contributed by atoms with Crippen molar-refractivity contribution in [3.63, 3.8) is 0 Å². The molecule has 0 saturated carbocycles. The molecule has 1 aliphatic heterocycles. The number of rotatable bonds is 4. The molecule has 1 aromatic carbocycles. The summed E-state index contributed by atoms with van der Waals surface area (Å²) >= 11 is 1.76. The lowest BCUT2D eigenvalue weighted by Crippen LogP contribution is -2.48. The first-order valence-electron chi connectivity index (χ1n) is 8.91. The summed E-state index contributed by atoms with van der Waals surface area (Å²) < 4.78 is 0. The van der Waals surface area contributed by atoms with E-state index in [4.69, 9.17) is 19.8 Å². The number of hydrogen-bond acceptors (Lipinski definition) is 6. The van der Waals surface area contributed by atoms with E-state index >= 15 is 0 Å². The van der Waals surface area contributed by atoms with Crippen LogP contribution in [0.3, 0.4) is 0 Å². The molecule has 2 N–H and O–H groups in total. The lowest BCUT2D eigenvalue weighted by atomic mass is 10.2. The van der Waals surface area contributed by atoms with Crippen LogP contribution in [-0.4, -0.2) is 75.3 Å². The molecular formula is C20H23N3O5S. The number of aromatic nitrogens is 1. The molecule has 0 bridgehead atoms. The van der Waals surface area contributed by atoms with Crippen molar-refractivity contribution < 1.29 is 24.6 Å². The van der Waals surface area contributed by atoms with Gasteiger partial charge in [0.1, 0.15) is 0 Å². The van der Waals surface area contributed by atoms with Crippen molar-refractivity contribution in [2.45, 2.75) is 11.4 Å². The van der Waals surface area contributed by atoms with Gasteiger partial charge in [0.15, 0.2) is 0 Å². The predicted octanol–water partition coefficient (Wildman–Crippen LogP) is 1.92. The van der Waals surface area contributed by atoms with Gasteiger partial charge in [-0.1, -0.05) is 12.1 Å². The minimum absolute atomic E-state index is 0.0853. The first-order chi connectivity index (χ1) is 13.9. The van der Waals surface area contributed by atoms with Crippen LogP contribution in [0.2, 0.25) is 0 Å². The van der Waals surface area contributed by atoms with E-state index in [1.807, 2.05) is 17.0 Å². The highest BCUT2D eigenvalue weighted by Crippen LogP contribution is 2.17. The number of piperazine rings is 1. The zero-order valence-corrected chi connectivity index (χ0v) is 16.8. The number of carboxylic acid groups (broad SMARTS) is 2. The number of amides is 1. The van der Waals surface area contributed by atoms with Gasteiger partial charge >= 0.3 is 11.9 Å². The zero-order chi connectivity index (χ0) is 21.2. The summed E-state index contributed by atoms with van der Waals surface area (Å²) in [6.07, 6.45) is 5.42. The van der Waals surface area contributed by atoms with Crippen molar-refractivity contribution in [3.05, 3.63) is 59.9 Å². The quantitative estimate of drug-likeness (QED) is 0.573. The van der Waals surface area contributed by atoms with Crippen LogP contribution in [-0.2, 0) is 16.1 Å². The van der Waals surface area contributed by atoms with Crippen LogP contribution in [0.25, 0.3) is 0 Å². The molecule has 8 nitrogen and oxygen atoms in total. The van der Waals surface area contributed by atoms with Gasteiger partial charge in [-0.05, 0) is 36.1 Å². The number of benzene rings is 1. The fraction of sp³-hybridized carbons (Fsp3) is 0.300. The second-order valence-electron chi connectivity index (χ2n) is 6.27. The van der Waals surface area contributed by atoms with Gasteiger partial charge in [-0.2, -0.15) is 0 Å². The summed E-state index contributed by atoms with van der Waals surface area (Å²) in [6.45, 7) is 4.32. The third-order valence-electron chi connectivity index (χ3n) is 4.32. The molecule has 3 rings (SSSR count). The number of pyridine rings is 1. The summed E-state index contributed by atoms with van der Waals surface area (Å²) in [5, 5.41) is 14.8. The molecule has 0 aliphatic carbocycles. The van der Waals surface area contributed by atoms with Crippen molar-refractivity contribution >= 4 is 29.6 Å². The van der Waals surface area contributed by atoms with Crippen LogP contribution in [0.4, 0.5) is 0 Å². The predicted molar refractivity (Wildman–Crippen MR) is 109 cm³/mol. The average molecular weight is 417 g/mol. The van der Waals surface area contributed by atoms with E-state index in [9.17, 15) is 4.79 Å². The third-order valence-corrected chi connectivity index (χ3v) is 5.06. The highest BCUT2D eigenvalue weighted by atomic mass is 32.2. The van der Waals surface area contributed by atoms with Gasteiger partial charge in [0.05, 0.1) is 5.56 Å². The monoisotopic (exact) mass is 417 g/mol. The average Bonchev–Trinajstić information content (AvgIpc) is 2.75. The second kappa shape index (κ2) is 11.2. The number of thioether (sulfide) groups is 1. The molecule has 1 amide bonds. The Morgan fingerprint density at radius 1 is 1.00 bits per heavy atom. The maximum absolute atomic E-state index is 12.4. The Morgan fingerprint density at radius 2 is 1.62 bits per heavy atom. The molecule has 1 aliphatic rings. The van der Waals surface area contributed by atoms with E-state index in [0.29, 0.717) is 5.56 Å².